The Hall–Kier alpha value is -1.05. The van der Waals surface area contributed by atoms with Crippen LogP contribution in [0, 0.1) is 5.92 Å². The molecule has 3 heterocycles. The summed E-state index contributed by atoms with van der Waals surface area (Å²) in [4.78, 5) is 5.54. The van der Waals surface area contributed by atoms with Crippen LogP contribution in [-0.2, 0) is 4.74 Å². The Morgan fingerprint density at radius 1 is 1.40 bits per heavy atom. The second kappa shape index (κ2) is 6.15. The van der Waals surface area contributed by atoms with Crippen LogP contribution in [0.15, 0.2) is 6.20 Å². The highest BCUT2D eigenvalue weighted by Gasteiger charge is 2.22. The summed E-state index contributed by atoms with van der Waals surface area (Å²) in [6, 6.07) is 0. The van der Waals surface area contributed by atoms with Crippen molar-refractivity contribution in [3.63, 3.8) is 0 Å². The number of hydrogen-bond donors (Lipinski definition) is 1. The number of ether oxygens (including phenoxy) is 1. The molecule has 0 bridgehead atoms. The van der Waals surface area contributed by atoms with Crippen LogP contribution in [0.5, 0.6) is 0 Å². The maximum absolute atomic E-state index is 5.66. The van der Waals surface area contributed by atoms with Gasteiger partial charge in [0.05, 0.1) is 4.88 Å². The number of rotatable bonds is 5. The fourth-order valence-corrected chi connectivity index (χ4v) is 3.78. The predicted octanol–water partition coefficient (Wildman–Crippen LogP) is 3.58. The minimum Gasteiger partial charge on any atom is -0.371 e. The van der Waals surface area contributed by atoms with Crippen LogP contribution in [0.2, 0.25) is 0 Å². The molecule has 0 aliphatic carbocycles. The Kier molecular flexibility index (Phi) is 4.28. The first-order valence-corrected chi connectivity index (χ1v) is 8.50. The summed E-state index contributed by atoms with van der Waals surface area (Å²) in [7, 11) is 0. The SMILES string of the molecule is CC(C)CNc1nnc(-c2cnc(C3CCCO3)s2)s1. The Morgan fingerprint density at radius 2 is 2.30 bits per heavy atom. The monoisotopic (exact) mass is 310 g/mol. The summed E-state index contributed by atoms with van der Waals surface area (Å²) in [6.07, 6.45) is 4.26. The maximum atomic E-state index is 5.66. The quantitative estimate of drug-likeness (QED) is 0.914. The summed E-state index contributed by atoms with van der Waals surface area (Å²) >= 11 is 3.25. The molecule has 108 valence electrons. The summed E-state index contributed by atoms with van der Waals surface area (Å²) in [6.45, 7) is 6.11. The lowest BCUT2D eigenvalue weighted by Crippen LogP contribution is -2.07. The zero-order valence-electron chi connectivity index (χ0n) is 11.6. The molecule has 0 spiro atoms. The fourth-order valence-electron chi connectivity index (χ4n) is 1.99. The van der Waals surface area contributed by atoms with E-state index in [-0.39, 0.29) is 6.10 Å². The van der Waals surface area contributed by atoms with Crippen molar-refractivity contribution in [2.75, 3.05) is 18.5 Å². The van der Waals surface area contributed by atoms with Crippen molar-refractivity contribution < 1.29 is 4.74 Å². The van der Waals surface area contributed by atoms with Crippen LogP contribution in [-0.4, -0.2) is 28.3 Å². The Morgan fingerprint density at radius 3 is 3.05 bits per heavy atom. The molecule has 7 heteroatoms. The lowest BCUT2D eigenvalue weighted by Gasteiger charge is -2.03. The molecule has 2 aromatic rings. The summed E-state index contributed by atoms with van der Waals surface area (Å²) in [5.74, 6) is 0.594. The van der Waals surface area contributed by atoms with Crippen molar-refractivity contribution in [2.24, 2.45) is 5.92 Å². The minimum atomic E-state index is 0.181. The van der Waals surface area contributed by atoms with E-state index in [1.807, 2.05) is 6.20 Å². The molecule has 3 rings (SSSR count). The number of nitrogens with zero attached hydrogens (tertiary/aromatic N) is 3. The van der Waals surface area contributed by atoms with E-state index in [2.05, 4.69) is 34.3 Å². The van der Waals surface area contributed by atoms with Crippen LogP contribution in [0.4, 0.5) is 5.13 Å². The van der Waals surface area contributed by atoms with Crippen LogP contribution >= 0.6 is 22.7 Å². The number of hydrogen-bond acceptors (Lipinski definition) is 7. The molecule has 1 aliphatic heterocycles. The number of anilines is 1. The Labute approximate surface area is 126 Å². The molecule has 1 atom stereocenters. The maximum Gasteiger partial charge on any atom is 0.206 e. The number of aromatic nitrogens is 3. The Bertz CT molecular complexity index is 560. The summed E-state index contributed by atoms with van der Waals surface area (Å²) in [5.41, 5.74) is 0. The first-order chi connectivity index (χ1) is 9.72. The van der Waals surface area contributed by atoms with Gasteiger partial charge in [-0.25, -0.2) is 4.98 Å². The second-order valence-corrected chi connectivity index (χ2v) is 7.29. The van der Waals surface area contributed by atoms with Gasteiger partial charge in [0.25, 0.3) is 0 Å². The topological polar surface area (TPSA) is 59.9 Å². The highest BCUT2D eigenvalue weighted by molar-refractivity contribution is 7.23. The molecule has 1 aliphatic rings. The van der Waals surface area contributed by atoms with Crippen molar-refractivity contribution in [2.45, 2.75) is 32.8 Å². The molecule has 1 saturated heterocycles. The second-order valence-electron chi connectivity index (χ2n) is 5.25. The van der Waals surface area contributed by atoms with Gasteiger partial charge in [-0.2, -0.15) is 0 Å². The number of thiazole rings is 1. The molecular weight excluding hydrogens is 292 g/mol. The van der Waals surface area contributed by atoms with Crippen LogP contribution in [0.3, 0.4) is 0 Å². The van der Waals surface area contributed by atoms with Crippen molar-refractivity contribution in [1.82, 2.24) is 15.2 Å². The molecule has 0 saturated carbocycles. The minimum absolute atomic E-state index is 0.181. The molecule has 1 fully saturated rings. The van der Waals surface area contributed by atoms with Crippen molar-refractivity contribution in [3.8, 4) is 9.88 Å². The van der Waals surface area contributed by atoms with Gasteiger partial charge in [0.2, 0.25) is 5.13 Å². The molecular formula is C13H18N4OS2. The van der Waals surface area contributed by atoms with E-state index in [0.717, 1.165) is 46.0 Å². The zero-order chi connectivity index (χ0) is 13.9. The van der Waals surface area contributed by atoms with E-state index in [1.165, 1.54) is 0 Å². The Balaban J connectivity index is 1.69. The first kappa shape index (κ1) is 13.9. The lowest BCUT2D eigenvalue weighted by molar-refractivity contribution is 0.111. The molecule has 1 N–H and O–H groups in total. The van der Waals surface area contributed by atoms with Gasteiger partial charge in [0, 0.05) is 19.3 Å². The molecule has 1 unspecified atom stereocenters. The summed E-state index contributed by atoms with van der Waals surface area (Å²) < 4.78 is 5.66. The van der Waals surface area contributed by atoms with E-state index in [9.17, 15) is 0 Å². The van der Waals surface area contributed by atoms with Crippen LogP contribution in [0.25, 0.3) is 9.88 Å². The van der Waals surface area contributed by atoms with Crippen molar-refractivity contribution in [1.29, 1.82) is 0 Å². The van der Waals surface area contributed by atoms with E-state index < -0.39 is 0 Å². The lowest BCUT2D eigenvalue weighted by atomic mass is 10.2. The zero-order valence-corrected chi connectivity index (χ0v) is 13.3. The largest absolute Gasteiger partial charge is 0.371 e. The van der Waals surface area contributed by atoms with Gasteiger partial charge in [-0.1, -0.05) is 25.2 Å². The normalized spacial score (nSPS) is 18.9. The third-order valence-corrected chi connectivity index (χ3v) is 5.17. The fraction of sp³-hybridized carbons (Fsp3) is 0.615. The van der Waals surface area contributed by atoms with Gasteiger partial charge in [0.15, 0.2) is 5.01 Å². The number of nitrogens with one attached hydrogen (secondary N) is 1. The first-order valence-electron chi connectivity index (χ1n) is 6.87. The summed E-state index contributed by atoms with van der Waals surface area (Å²) in [5, 5.41) is 14.6. The van der Waals surface area contributed by atoms with Gasteiger partial charge in [-0.3, -0.25) is 0 Å². The molecule has 5 nitrogen and oxygen atoms in total. The average molecular weight is 310 g/mol. The highest BCUT2D eigenvalue weighted by atomic mass is 32.1. The molecule has 20 heavy (non-hydrogen) atoms. The smallest absolute Gasteiger partial charge is 0.206 e. The van der Waals surface area contributed by atoms with Crippen molar-refractivity contribution >= 4 is 27.8 Å². The standard InChI is InChI=1S/C13H18N4OS2/c1-8(2)6-15-13-17-16-12(20-13)10-7-14-11(19-10)9-4-3-5-18-9/h7-9H,3-6H2,1-2H3,(H,15,17). The van der Waals surface area contributed by atoms with E-state index in [4.69, 9.17) is 4.74 Å². The third kappa shape index (κ3) is 3.16. The van der Waals surface area contributed by atoms with E-state index in [0.29, 0.717) is 5.92 Å². The van der Waals surface area contributed by atoms with Crippen LogP contribution < -0.4 is 5.32 Å². The van der Waals surface area contributed by atoms with Crippen molar-refractivity contribution in [3.05, 3.63) is 11.2 Å². The van der Waals surface area contributed by atoms with Crippen LogP contribution in [0.1, 0.15) is 37.8 Å². The molecule has 0 aromatic carbocycles. The van der Waals surface area contributed by atoms with Gasteiger partial charge in [-0.15, -0.1) is 21.5 Å². The third-order valence-electron chi connectivity index (χ3n) is 3.03. The average Bonchev–Trinajstić information content (AvgIpc) is 3.15. The van der Waals surface area contributed by atoms with E-state index in [1.54, 1.807) is 22.7 Å². The van der Waals surface area contributed by atoms with Gasteiger partial charge >= 0.3 is 0 Å². The van der Waals surface area contributed by atoms with E-state index >= 15 is 0 Å². The van der Waals surface area contributed by atoms with Gasteiger partial charge < -0.3 is 10.1 Å². The molecule has 0 amide bonds. The van der Waals surface area contributed by atoms with Gasteiger partial charge in [-0.05, 0) is 18.8 Å². The molecule has 2 aromatic heterocycles. The van der Waals surface area contributed by atoms with Gasteiger partial charge in [0.1, 0.15) is 11.1 Å². The molecule has 0 radical (unpaired) electrons. The highest BCUT2D eigenvalue weighted by Crippen LogP contribution is 2.36. The predicted molar refractivity (Wildman–Crippen MR) is 82.3 cm³/mol.